The molecule has 7 nitrogen and oxygen atoms in total. The zero-order valence-electron chi connectivity index (χ0n) is 15.7. The number of rotatable bonds is 1. The van der Waals surface area contributed by atoms with Crippen molar-refractivity contribution in [3.63, 3.8) is 0 Å². The third-order valence-corrected chi connectivity index (χ3v) is 5.01. The first-order chi connectivity index (χ1) is 13.9. The number of fused-ring (bicyclic) bond motifs is 1. The van der Waals surface area contributed by atoms with E-state index in [0.29, 0.717) is 34.4 Å². The Morgan fingerprint density at radius 2 is 2.07 bits per heavy atom. The van der Waals surface area contributed by atoms with Crippen molar-refractivity contribution < 1.29 is 9.90 Å². The molecule has 2 aromatic carbocycles. The zero-order chi connectivity index (χ0) is 20.6. The zero-order valence-corrected chi connectivity index (χ0v) is 15.7. The molecule has 1 saturated heterocycles. The third-order valence-electron chi connectivity index (χ3n) is 5.01. The Labute approximate surface area is 167 Å². The summed E-state index contributed by atoms with van der Waals surface area (Å²) in [5.41, 5.74) is 7.47. The SMILES string of the molecule is CN1CC[C@](O)(C#Cc2cccc(-c3cc(C#N)c4ncnc(N)c4c3)c2)C1=O. The van der Waals surface area contributed by atoms with Gasteiger partial charge >= 0.3 is 0 Å². The lowest BCUT2D eigenvalue weighted by Crippen LogP contribution is -2.37. The molecule has 0 radical (unpaired) electrons. The Balaban J connectivity index is 1.76. The van der Waals surface area contributed by atoms with Gasteiger partial charge in [-0.3, -0.25) is 4.79 Å². The number of anilines is 1. The van der Waals surface area contributed by atoms with Gasteiger partial charge in [-0.1, -0.05) is 24.0 Å². The molecular formula is C22H17N5O2. The van der Waals surface area contributed by atoms with Gasteiger partial charge in [0.05, 0.1) is 11.1 Å². The Bertz CT molecular complexity index is 1250. The summed E-state index contributed by atoms with van der Waals surface area (Å²) in [6.07, 6.45) is 1.62. The number of nitrogens with two attached hydrogens (primary N) is 1. The molecule has 1 aromatic heterocycles. The number of amides is 1. The molecule has 142 valence electrons. The highest BCUT2D eigenvalue weighted by molar-refractivity contribution is 5.95. The lowest BCUT2D eigenvalue weighted by molar-refractivity contribution is -0.137. The Morgan fingerprint density at radius 1 is 1.24 bits per heavy atom. The summed E-state index contributed by atoms with van der Waals surface area (Å²) in [5.74, 6) is 5.54. The summed E-state index contributed by atoms with van der Waals surface area (Å²) in [7, 11) is 1.64. The van der Waals surface area contributed by atoms with Crippen LogP contribution < -0.4 is 5.73 Å². The van der Waals surface area contributed by atoms with E-state index in [1.807, 2.05) is 24.3 Å². The average molecular weight is 383 g/mol. The molecule has 1 atom stereocenters. The van der Waals surface area contributed by atoms with Crippen LogP contribution in [0, 0.1) is 23.2 Å². The van der Waals surface area contributed by atoms with Crippen LogP contribution in [-0.4, -0.2) is 45.1 Å². The van der Waals surface area contributed by atoms with Crippen molar-refractivity contribution in [2.75, 3.05) is 19.3 Å². The summed E-state index contributed by atoms with van der Waals surface area (Å²) >= 11 is 0. The van der Waals surface area contributed by atoms with E-state index in [0.717, 1.165) is 11.1 Å². The number of carbonyl (C=O) groups is 1. The van der Waals surface area contributed by atoms with E-state index in [1.165, 1.54) is 11.2 Å². The van der Waals surface area contributed by atoms with Crippen molar-refractivity contribution in [2.24, 2.45) is 0 Å². The van der Waals surface area contributed by atoms with Crippen molar-refractivity contribution in [1.82, 2.24) is 14.9 Å². The molecule has 3 aromatic rings. The molecule has 0 spiro atoms. The van der Waals surface area contributed by atoms with Crippen molar-refractivity contribution in [3.8, 4) is 29.0 Å². The molecule has 0 aliphatic carbocycles. The molecule has 7 heteroatoms. The van der Waals surface area contributed by atoms with Gasteiger partial charge in [-0.2, -0.15) is 5.26 Å². The van der Waals surface area contributed by atoms with E-state index >= 15 is 0 Å². The predicted octanol–water partition coefficient (Wildman–Crippen LogP) is 1.70. The number of nitrogens with zero attached hydrogens (tertiary/aromatic N) is 4. The highest BCUT2D eigenvalue weighted by atomic mass is 16.3. The van der Waals surface area contributed by atoms with Gasteiger partial charge in [0.1, 0.15) is 18.2 Å². The lowest BCUT2D eigenvalue weighted by Gasteiger charge is -2.13. The maximum absolute atomic E-state index is 12.1. The molecule has 3 N–H and O–H groups in total. The standard InChI is InChI=1S/C22H17N5O2/c1-27-8-7-22(29,21(27)28)6-5-14-3-2-4-15(9-14)16-10-17(12-23)19-18(11-16)20(24)26-13-25-19/h2-4,9-11,13,29H,7-8H2,1H3,(H2,24,25,26)/t22-/m1/s1. The number of likely N-dealkylation sites (N-methyl/N-ethyl adjacent to an activating group) is 1. The summed E-state index contributed by atoms with van der Waals surface area (Å²) < 4.78 is 0. The number of hydrogen-bond acceptors (Lipinski definition) is 6. The van der Waals surface area contributed by atoms with Gasteiger partial charge < -0.3 is 15.7 Å². The molecule has 0 saturated carbocycles. The highest BCUT2D eigenvalue weighted by Gasteiger charge is 2.42. The first-order valence-corrected chi connectivity index (χ1v) is 8.97. The van der Waals surface area contributed by atoms with Gasteiger partial charge in [0.2, 0.25) is 5.60 Å². The second kappa shape index (κ2) is 6.90. The van der Waals surface area contributed by atoms with Gasteiger partial charge in [0.15, 0.2) is 0 Å². The van der Waals surface area contributed by atoms with Crippen LogP contribution in [0.2, 0.25) is 0 Å². The third kappa shape index (κ3) is 3.25. The van der Waals surface area contributed by atoms with Crippen molar-refractivity contribution in [3.05, 3.63) is 53.9 Å². The molecule has 29 heavy (non-hydrogen) atoms. The van der Waals surface area contributed by atoms with E-state index in [2.05, 4.69) is 27.9 Å². The Kier molecular flexibility index (Phi) is 4.38. The van der Waals surface area contributed by atoms with Crippen LogP contribution in [0.1, 0.15) is 17.5 Å². The number of benzene rings is 2. The smallest absolute Gasteiger partial charge is 0.267 e. The maximum atomic E-state index is 12.1. The largest absolute Gasteiger partial charge is 0.383 e. The van der Waals surface area contributed by atoms with Gasteiger partial charge in [-0.05, 0) is 35.4 Å². The van der Waals surface area contributed by atoms with E-state index in [4.69, 9.17) is 5.73 Å². The summed E-state index contributed by atoms with van der Waals surface area (Å²) in [5, 5.41) is 20.6. The number of hydrogen-bond donors (Lipinski definition) is 2. The molecule has 1 fully saturated rings. The molecule has 1 aliphatic heterocycles. The fraction of sp³-hybridized carbons (Fsp3) is 0.182. The highest BCUT2D eigenvalue weighted by Crippen LogP contribution is 2.29. The number of aromatic nitrogens is 2. The minimum atomic E-state index is -1.65. The second-order valence-corrected chi connectivity index (χ2v) is 6.96. The van der Waals surface area contributed by atoms with Gasteiger partial charge in [-0.25, -0.2) is 9.97 Å². The molecule has 1 aliphatic rings. The first-order valence-electron chi connectivity index (χ1n) is 8.97. The van der Waals surface area contributed by atoms with E-state index in [9.17, 15) is 15.2 Å². The van der Waals surface area contributed by atoms with Gasteiger partial charge in [0, 0.05) is 31.0 Å². The number of nitriles is 1. The number of likely N-dealkylation sites (tertiary alicyclic amines) is 1. The van der Waals surface area contributed by atoms with Crippen LogP contribution in [0.3, 0.4) is 0 Å². The predicted molar refractivity (Wildman–Crippen MR) is 108 cm³/mol. The van der Waals surface area contributed by atoms with Crippen molar-refractivity contribution in [1.29, 1.82) is 5.26 Å². The Morgan fingerprint density at radius 3 is 2.79 bits per heavy atom. The monoisotopic (exact) mass is 383 g/mol. The molecule has 1 amide bonds. The number of nitrogen functional groups attached to an aromatic ring is 1. The minimum absolute atomic E-state index is 0.282. The van der Waals surface area contributed by atoms with Gasteiger partial charge in [0.25, 0.3) is 5.91 Å². The molecular weight excluding hydrogens is 366 g/mol. The first kappa shape index (κ1) is 18.4. The van der Waals surface area contributed by atoms with Crippen molar-refractivity contribution >= 4 is 22.6 Å². The van der Waals surface area contributed by atoms with Crippen LogP contribution in [0.25, 0.3) is 22.0 Å². The van der Waals surface area contributed by atoms with Crippen LogP contribution in [0.5, 0.6) is 0 Å². The van der Waals surface area contributed by atoms with Crippen LogP contribution in [-0.2, 0) is 4.79 Å². The summed E-state index contributed by atoms with van der Waals surface area (Å²) in [6.45, 7) is 0.474. The Hall–Kier alpha value is -3.94. The second-order valence-electron chi connectivity index (χ2n) is 6.96. The van der Waals surface area contributed by atoms with Crippen LogP contribution in [0.15, 0.2) is 42.7 Å². The summed E-state index contributed by atoms with van der Waals surface area (Å²) in [4.78, 5) is 21.7. The van der Waals surface area contributed by atoms with Gasteiger partial charge in [-0.15, -0.1) is 0 Å². The minimum Gasteiger partial charge on any atom is -0.383 e. The fourth-order valence-corrected chi connectivity index (χ4v) is 3.36. The maximum Gasteiger partial charge on any atom is 0.267 e. The lowest BCUT2D eigenvalue weighted by atomic mass is 9.98. The molecule has 2 heterocycles. The molecule has 4 rings (SSSR count). The van der Waals surface area contributed by atoms with Crippen LogP contribution >= 0.6 is 0 Å². The molecule has 0 unspecified atom stereocenters. The van der Waals surface area contributed by atoms with E-state index in [1.54, 1.807) is 19.2 Å². The van der Waals surface area contributed by atoms with E-state index < -0.39 is 5.60 Å². The van der Waals surface area contributed by atoms with Crippen molar-refractivity contribution in [2.45, 2.75) is 12.0 Å². The van der Waals surface area contributed by atoms with Crippen LogP contribution in [0.4, 0.5) is 5.82 Å². The quantitative estimate of drug-likeness (QED) is 0.618. The average Bonchev–Trinajstić information content (AvgIpc) is 3.00. The molecule has 0 bridgehead atoms. The topological polar surface area (TPSA) is 116 Å². The van der Waals surface area contributed by atoms with E-state index in [-0.39, 0.29) is 12.3 Å². The number of aliphatic hydroxyl groups is 1. The normalized spacial score (nSPS) is 18.4. The fourth-order valence-electron chi connectivity index (χ4n) is 3.36. The summed E-state index contributed by atoms with van der Waals surface area (Å²) in [6, 6.07) is 13.1. The number of carbonyl (C=O) groups excluding carboxylic acids is 1.